The van der Waals surface area contributed by atoms with Crippen LogP contribution in [0.4, 0.5) is 5.69 Å². The van der Waals surface area contributed by atoms with Gasteiger partial charge >= 0.3 is 6.01 Å². The third-order valence-corrected chi connectivity index (χ3v) is 2.68. The molecule has 0 aliphatic rings. The lowest BCUT2D eigenvalue weighted by molar-refractivity contribution is -0.385. The standard InChI is InChI=1S/C13H11N3O4/c1-8-4-12(9(2)3-11(8)16(18)19)20-13-14-5-10(7-17)6-15-13/h3-7H,1-2H3. The SMILES string of the molecule is Cc1cc([N+](=O)[O-])c(C)cc1Oc1ncc(C=O)cn1. The van der Waals surface area contributed by atoms with Crippen molar-refractivity contribution in [2.75, 3.05) is 0 Å². The minimum absolute atomic E-state index is 0.0343. The quantitative estimate of drug-likeness (QED) is 0.482. The topological polar surface area (TPSA) is 95.2 Å². The van der Waals surface area contributed by atoms with Crippen LogP contribution in [0.15, 0.2) is 24.5 Å². The van der Waals surface area contributed by atoms with Gasteiger partial charge in [0, 0.05) is 24.0 Å². The molecule has 102 valence electrons. The van der Waals surface area contributed by atoms with Crippen molar-refractivity contribution in [1.82, 2.24) is 9.97 Å². The van der Waals surface area contributed by atoms with Crippen LogP contribution in [0, 0.1) is 24.0 Å². The number of aromatic nitrogens is 2. The van der Waals surface area contributed by atoms with E-state index in [4.69, 9.17) is 4.74 Å². The number of carbonyl (C=O) groups is 1. The first-order chi connectivity index (χ1) is 9.51. The van der Waals surface area contributed by atoms with Gasteiger partial charge in [-0.3, -0.25) is 14.9 Å². The van der Waals surface area contributed by atoms with E-state index < -0.39 is 4.92 Å². The van der Waals surface area contributed by atoms with Crippen molar-refractivity contribution in [3.8, 4) is 11.8 Å². The Morgan fingerprint density at radius 3 is 2.40 bits per heavy atom. The number of ether oxygens (including phenoxy) is 1. The van der Waals surface area contributed by atoms with Gasteiger partial charge in [0.25, 0.3) is 5.69 Å². The normalized spacial score (nSPS) is 10.1. The summed E-state index contributed by atoms with van der Waals surface area (Å²) in [6.07, 6.45) is 3.30. The summed E-state index contributed by atoms with van der Waals surface area (Å²) in [5.41, 5.74) is 1.46. The summed E-state index contributed by atoms with van der Waals surface area (Å²) in [5.74, 6) is 0.437. The first kappa shape index (κ1) is 13.6. The molecule has 0 atom stereocenters. The molecule has 0 saturated carbocycles. The van der Waals surface area contributed by atoms with Crippen molar-refractivity contribution in [2.45, 2.75) is 13.8 Å². The predicted octanol–water partition coefficient (Wildman–Crippen LogP) is 2.61. The Morgan fingerprint density at radius 1 is 1.20 bits per heavy atom. The van der Waals surface area contributed by atoms with Crippen LogP contribution in [-0.4, -0.2) is 21.2 Å². The molecule has 0 fully saturated rings. The second-order valence-corrected chi connectivity index (χ2v) is 4.18. The number of hydrogen-bond donors (Lipinski definition) is 0. The molecule has 0 radical (unpaired) electrons. The second-order valence-electron chi connectivity index (χ2n) is 4.18. The maximum atomic E-state index is 10.8. The Bertz CT molecular complexity index is 668. The van der Waals surface area contributed by atoms with E-state index in [-0.39, 0.29) is 11.7 Å². The number of benzene rings is 1. The van der Waals surface area contributed by atoms with E-state index in [1.807, 2.05) is 0 Å². The van der Waals surface area contributed by atoms with Gasteiger partial charge < -0.3 is 4.74 Å². The summed E-state index contributed by atoms with van der Waals surface area (Å²) in [6, 6.07) is 3.07. The van der Waals surface area contributed by atoms with Crippen LogP contribution < -0.4 is 4.74 Å². The number of aryl methyl sites for hydroxylation is 2. The van der Waals surface area contributed by atoms with Gasteiger partial charge in [-0.15, -0.1) is 0 Å². The maximum Gasteiger partial charge on any atom is 0.321 e. The van der Waals surface area contributed by atoms with E-state index in [0.717, 1.165) is 0 Å². The number of carbonyl (C=O) groups excluding carboxylic acids is 1. The van der Waals surface area contributed by atoms with Gasteiger partial charge in [-0.2, -0.15) is 0 Å². The molecule has 1 aromatic carbocycles. The first-order valence-corrected chi connectivity index (χ1v) is 5.72. The Morgan fingerprint density at radius 2 is 1.85 bits per heavy atom. The van der Waals surface area contributed by atoms with Gasteiger partial charge in [-0.25, -0.2) is 9.97 Å². The first-order valence-electron chi connectivity index (χ1n) is 5.72. The van der Waals surface area contributed by atoms with Crippen LogP contribution >= 0.6 is 0 Å². The lowest BCUT2D eigenvalue weighted by Crippen LogP contribution is -1.97. The zero-order valence-corrected chi connectivity index (χ0v) is 10.9. The van der Waals surface area contributed by atoms with E-state index in [0.29, 0.717) is 28.7 Å². The molecule has 0 N–H and O–H groups in total. The minimum atomic E-state index is -0.443. The molecule has 0 aliphatic carbocycles. The number of nitro groups is 1. The summed E-state index contributed by atoms with van der Waals surface area (Å²) >= 11 is 0. The van der Waals surface area contributed by atoms with E-state index in [1.165, 1.54) is 18.5 Å². The summed E-state index contributed by atoms with van der Waals surface area (Å²) in [6.45, 7) is 3.32. The molecule has 7 heteroatoms. The highest BCUT2D eigenvalue weighted by Crippen LogP contribution is 2.29. The molecular weight excluding hydrogens is 262 g/mol. The summed E-state index contributed by atoms with van der Waals surface area (Å²) < 4.78 is 5.46. The Labute approximate surface area is 114 Å². The van der Waals surface area contributed by atoms with Crippen molar-refractivity contribution in [1.29, 1.82) is 0 Å². The van der Waals surface area contributed by atoms with Gasteiger partial charge in [0.1, 0.15) is 5.75 Å². The highest BCUT2D eigenvalue weighted by molar-refractivity contribution is 5.73. The zero-order chi connectivity index (χ0) is 14.7. The van der Waals surface area contributed by atoms with Crippen molar-refractivity contribution >= 4 is 12.0 Å². The van der Waals surface area contributed by atoms with E-state index in [1.54, 1.807) is 19.9 Å². The lowest BCUT2D eigenvalue weighted by atomic mass is 10.1. The van der Waals surface area contributed by atoms with Gasteiger partial charge in [0.15, 0.2) is 6.29 Å². The molecule has 0 saturated heterocycles. The molecule has 7 nitrogen and oxygen atoms in total. The predicted molar refractivity (Wildman–Crippen MR) is 70.1 cm³/mol. The monoisotopic (exact) mass is 273 g/mol. The molecule has 0 unspecified atom stereocenters. The fraction of sp³-hybridized carbons (Fsp3) is 0.154. The molecule has 0 bridgehead atoms. The second kappa shape index (κ2) is 5.43. The number of rotatable bonds is 4. The van der Waals surface area contributed by atoms with Gasteiger partial charge in [0.2, 0.25) is 0 Å². The number of nitro benzene ring substituents is 1. The number of hydrogen-bond acceptors (Lipinski definition) is 6. The molecule has 0 amide bonds. The minimum Gasteiger partial charge on any atom is -0.424 e. The summed E-state index contributed by atoms with van der Waals surface area (Å²) in [4.78, 5) is 28.6. The molecule has 1 aromatic heterocycles. The van der Waals surface area contributed by atoms with Crippen LogP contribution in [0.2, 0.25) is 0 Å². The van der Waals surface area contributed by atoms with Crippen LogP contribution in [0.25, 0.3) is 0 Å². The summed E-state index contributed by atoms with van der Waals surface area (Å²) in [7, 11) is 0. The highest BCUT2D eigenvalue weighted by atomic mass is 16.6. The van der Waals surface area contributed by atoms with Crippen LogP contribution in [0.3, 0.4) is 0 Å². The average molecular weight is 273 g/mol. The lowest BCUT2D eigenvalue weighted by Gasteiger charge is -2.08. The molecule has 20 heavy (non-hydrogen) atoms. The third kappa shape index (κ3) is 2.77. The fourth-order valence-electron chi connectivity index (χ4n) is 1.62. The number of nitrogens with zero attached hydrogens (tertiary/aromatic N) is 3. The summed E-state index contributed by atoms with van der Waals surface area (Å²) in [5, 5.41) is 10.8. The van der Waals surface area contributed by atoms with Crippen molar-refractivity contribution in [2.24, 2.45) is 0 Å². The highest BCUT2D eigenvalue weighted by Gasteiger charge is 2.15. The molecule has 1 heterocycles. The Kier molecular flexibility index (Phi) is 3.69. The van der Waals surface area contributed by atoms with E-state index >= 15 is 0 Å². The van der Waals surface area contributed by atoms with Crippen molar-refractivity contribution in [3.05, 3.63) is 51.3 Å². The van der Waals surface area contributed by atoms with E-state index in [2.05, 4.69) is 9.97 Å². The van der Waals surface area contributed by atoms with Crippen LogP contribution in [-0.2, 0) is 0 Å². The largest absolute Gasteiger partial charge is 0.424 e. The molecule has 0 spiro atoms. The van der Waals surface area contributed by atoms with Gasteiger partial charge in [0.05, 0.1) is 10.5 Å². The average Bonchev–Trinajstić information content (AvgIpc) is 2.43. The van der Waals surface area contributed by atoms with Crippen LogP contribution in [0.5, 0.6) is 11.8 Å². The fourth-order valence-corrected chi connectivity index (χ4v) is 1.62. The molecule has 2 rings (SSSR count). The molecular formula is C13H11N3O4. The molecule has 0 aliphatic heterocycles. The zero-order valence-electron chi connectivity index (χ0n) is 10.9. The number of aldehydes is 1. The van der Waals surface area contributed by atoms with Gasteiger partial charge in [-0.05, 0) is 25.5 Å². The smallest absolute Gasteiger partial charge is 0.321 e. The maximum absolute atomic E-state index is 10.8. The third-order valence-electron chi connectivity index (χ3n) is 2.68. The van der Waals surface area contributed by atoms with Crippen molar-refractivity contribution < 1.29 is 14.5 Å². The van der Waals surface area contributed by atoms with E-state index in [9.17, 15) is 14.9 Å². The van der Waals surface area contributed by atoms with Crippen LogP contribution in [0.1, 0.15) is 21.5 Å². The van der Waals surface area contributed by atoms with Gasteiger partial charge in [-0.1, -0.05) is 0 Å². The van der Waals surface area contributed by atoms with Crippen molar-refractivity contribution in [3.63, 3.8) is 0 Å². The Hall–Kier alpha value is -2.83. The molecule has 2 aromatic rings. The Balaban J connectivity index is 2.31.